The van der Waals surface area contributed by atoms with Gasteiger partial charge in [0.05, 0.1) is 5.69 Å². The van der Waals surface area contributed by atoms with Crippen molar-refractivity contribution < 1.29 is 17.9 Å². The maximum atomic E-state index is 11.9. The van der Waals surface area contributed by atoms with E-state index in [1.165, 1.54) is 0 Å². The van der Waals surface area contributed by atoms with Crippen LogP contribution in [0.1, 0.15) is 43.9 Å². The molecule has 1 aromatic rings. The average Bonchev–Trinajstić information content (AvgIpc) is 2.71. The van der Waals surface area contributed by atoms with Crippen LogP contribution in [0.4, 0.5) is 0 Å². The lowest BCUT2D eigenvalue weighted by Crippen LogP contribution is -2.23. The van der Waals surface area contributed by atoms with Crippen LogP contribution < -0.4 is 5.14 Å². The molecule has 0 aliphatic heterocycles. The Morgan fingerprint density at radius 1 is 1.42 bits per heavy atom. The number of hydrogen-bond acceptors (Lipinski definition) is 5. The van der Waals surface area contributed by atoms with Crippen LogP contribution in [0.5, 0.6) is 0 Å². The molecule has 0 spiro atoms. The van der Waals surface area contributed by atoms with Crippen molar-refractivity contribution in [1.29, 1.82) is 0 Å². The first kappa shape index (κ1) is 15.6. The summed E-state index contributed by atoms with van der Waals surface area (Å²) in [6.45, 7) is 7.24. The molecule has 1 unspecified atom stereocenters. The molecule has 1 atom stereocenters. The average molecular weight is 289 g/mol. The quantitative estimate of drug-likeness (QED) is 0.779. The highest BCUT2D eigenvalue weighted by atomic mass is 32.2. The van der Waals surface area contributed by atoms with Crippen LogP contribution in [0.15, 0.2) is 4.90 Å². The van der Waals surface area contributed by atoms with Crippen LogP contribution in [0.3, 0.4) is 0 Å². The van der Waals surface area contributed by atoms with Crippen LogP contribution >= 0.6 is 0 Å². The molecule has 0 aromatic carbocycles. The number of nitrogens with one attached hydrogen (secondary N) is 1. The number of H-pyrrole nitrogens is 1. The van der Waals surface area contributed by atoms with Gasteiger partial charge >= 0.3 is 5.97 Å². The molecule has 8 heteroatoms. The van der Waals surface area contributed by atoms with E-state index in [-0.39, 0.29) is 22.6 Å². The van der Waals surface area contributed by atoms with E-state index in [2.05, 4.69) is 10.2 Å². The number of ether oxygens (including phenoxy) is 1. The van der Waals surface area contributed by atoms with Crippen molar-refractivity contribution >= 4 is 16.0 Å². The third kappa shape index (κ3) is 3.54. The second-order valence-corrected chi connectivity index (χ2v) is 6.13. The van der Waals surface area contributed by atoms with E-state index in [0.717, 1.165) is 0 Å². The Labute approximate surface area is 112 Å². The first-order valence-electron chi connectivity index (χ1n) is 5.99. The number of sulfonamides is 1. The highest BCUT2D eigenvalue weighted by Gasteiger charge is 2.29. The molecule has 3 N–H and O–H groups in total. The Morgan fingerprint density at radius 2 is 2.00 bits per heavy atom. The molecule has 0 amide bonds. The Bertz CT molecular complexity index is 562. The highest BCUT2D eigenvalue weighted by molar-refractivity contribution is 7.89. The first-order valence-corrected chi connectivity index (χ1v) is 7.54. The molecular formula is C11H19N3O4S. The molecule has 0 bridgehead atoms. The predicted octanol–water partition coefficient (Wildman–Crippen LogP) is 0.821. The van der Waals surface area contributed by atoms with Crippen LogP contribution in [-0.2, 0) is 21.2 Å². The summed E-state index contributed by atoms with van der Waals surface area (Å²) >= 11 is 0. The molecule has 1 heterocycles. The van der Waals surface area contributed by atoms with Crippen molar-refractivity contribution in [2.24, 2.45) is 11.1 Å². The maximum absolute atomic E-state index is 11.9. The van der Waals surface area contributed by atoms with Gasteiger partial charge in [0, 0.05) is 0 Å². The molecule has 7 nitrogen and oxygen atoms in total. The minimum atomic E-state index is -4.03. The van der Waals surface area contributed by atoms with E-state index < -0.39 is 16.0 Å². The number of primary sulfonamides is 1. The van der Waals surface area contributed by atoms with E-state index >= 15 is 0 Å². The molecule has 0 saturated carbocycles. The SMILES string of the molecule is CCc1[nH]nc(C(=O)OC(C)C(C)C)c1S(N)(=O)=O. The van der Waals surface area contributed by atoms with Crippen molar-refractivity contribution in [3.8, 4) is 0 Å². The van der Waals surface area contributed by atoms with Crippen molar-refractivity contribution in [2.75, 3.05) is 0 Å². The summed E-state index contributed by atoms with van der Waals surface area (Å²) in [5, 5.41) is 11.3. The van der Waals surface area contributed by atoms with E-state index in [4.69, 9.17) is 9.88 Å². The fourth-order valence-electron chi connectivity index (χ4n) is 1.41. The van der Waals surface area contributed by atoms with Crippen molar-refractivity contribution in [2.45, 2.75) is 45.1 Å². The van der Waals surface area contributed by atoms with Gasteiger partial charge < -0.3 is 4.74 Å². The van der Waals surface area contributed by atoms with Gasteiger partial charge in [0.2, 0.25) is 10.0 Å². The van der Waals surface area contributed by atoms with Gasteiger partial charge in [0.1, 0.15) is 11.0 Å². The normalized spacial score (nSPS) is 13.6. The minimum Gasteiger partial charge on any atom is -0.458 e. The van der Waals surface area contributed by atoms with Crippen LogP contribution in [0, 0.1) is 5.92 Å². The van der Waals surface area contributed by atoms with Gasteiger partial charge in [-0.25, -0.2) is 18.4 Å². The fraction of sp³-hybridized carbons (Fsp3) is 0.636. The predicted molar refractivity (Wildman–Crippen MR) is 69.1 cm³/mol. The standard InChI is InChI=1S/C11H19N3O4S/c1-5-8-10(19(12,16)17)9(14-13-8)11(15)18-7(4)6(2)3/h6-7H,5H2,1-4H3,(H,13,14)(H2,12,16,17). The number of carbonyl (C=O) groups is 1. The first-order chi connectivity index (χ1) is 8.68. The summed E-state index contributed by atoms with van der Waals surface area (Å²) in [5.74, 6) is -0.673. The van der Waals surface area contributed by atoms with Gasteiger partial charge in [-0.05, 0) is 19.3 Å². The van der Waals surface area contributed by atoms with Gasteiger partial charge in [-0.3, -0.25) is 5.10 Å². The Morgan fingerprint density at radius 3 is 2.42 bits per heavy atom. The summed E-state index contributed by atoms with van der Waals surface area (Å²) < 4.78 is 28.2. The lowest BCUT2D eigenvalue weighted by molar-refractivity contribution is 0.0226. The Balaban J connectivity index is 3.15. The second kappa shape index (κ2) is 5.70. The third-order valence-electron chi connectivity index (χ3n) is 2.86. The number of esters is 1. The number of nitrogens with two attached hydrogens (primary N) is 1. The fourth-order valence-corrected chi connectivity index (χ4v) is 2.34. The minimum absolute atomic E-state index is 0.117. The second-order valence-electron chi connectivity index (χ2n) is 4.63. The van der Waals surface area contributed by atoms with Gasteiger partial charge in [-0.2, -0.15) is 5.10 Å². The van der Waals surface area contributed by atoms with Gasteiger partial charge in [0.15, 0.2) is 5.69 Å². The maximum Gasteiger partial charge on any atom is 0.360 e. The zero-order valence-corrected chi connectivity index (χ0v) is 12.2. The van der Waals surface area contributed by atoms with Crippen LogP contribution in [0.25, 0.3) is 0 Å². The molecule has 1 rings (SSSR count). The largest absolute Gasteiger partial charge is 0.458 e. The number of aromatic amines is 1. The monoisotopic (exact) mass is 289 g/mol. The molecule has 0 saturated heterocycles. The smallest absolute Gasteiger partial charge is 0.360 e. The lowest BCUT2D eigenvalue weighted by Gasteiger charge is -2.15. The molecule has 1 aromatic heterocycles. The Hall–Kier alpha value is -1.41. The van der Waals surface area contributed by atoms with Crippen molar-refractivity contribution in [3.63, 3.8) is 0 Å². The van der Waals surface area contributed by atoms with E-state index in [0.29, 0.717) is 12.1 Å². The summed E-state index contributed by atoms with van der Waals surface area (Å²) in [5.41, 5.74) is 0.0125. The molecule has 0 aliphatic rings. The molecule has 19 heavy (non-hydrogen) atoms. The van der Waals surface area contributed by atoms with Gasteiger partial charge in [-0.1, -0.05) is 20.8 Å². The number of carbonyl (C=O) groups excluding carboxylic acids is 1. The number of aromatic nitrogens is 2. The van der Waals surface area contributed by atoms with E-state index in [1.807, 2.05) is 13.8 Å². The molecule has 0 aliphatic carbocycles. The molecule has 0 radical (unpaired) electrons. The third-order valence-corrected chi connectivity index (χ3v) is 3.86. The highest BCUT2D eigenvalue weighted by Crippen LogP contribution is 2.19. The van der Waals surface area contributed by atoms with E-state index in [1.54, 1.807) is 13.8 Å². The summed E-state index contributed by atoms with van der Waals surface area (Å²) in [6, 6.07) is 0. The van der Waals surface area contributed by atoms with Crippen LogP contribution in [-0.4, -0.2) is 30.7 Å². The summed E-state index contributed by atoms with van der Waals surface area (Å²) in [4.78, 5) is 11.7. The van der Waals surface area contributed by atoms with Crippen LogP contribution in [0.2, 0.25) is 0 Å². The van der Waals surface area contributed by atoms with Gasteiger partial charge in [0.25, 0.3) is 0 Å². The Kier molecular flexibility index (Phi) is 4.70. The van der Waals surface area contributed by atoms with Crippen molar-refractivity contribution in [3.05, 3.63) is 11.4 Å². The topological polar surface area (TPSA) is 115 Å². The molecular weight excluding hydrogens is 270 g/mol. The number of hydrogen-bond donors (Lipinski definition) is 2. The number of rotatable bonds is 5. The molecule has 108 valence electrons. The summed E-state index contributed by atoms with van der Waals surface area (Å²) in [6.07, 6.45) is 0.0220. The van der Waals surface area contributed by atoms with Crippen molar-refractivity contribution in [1.82, 2.24) is 10.2 Å². The number of aryl methyl sites for hydroxylation is 1. The zero-order valence-electron chi connectivity index (χ0n) is 11.4. The summed E-state index contributed by atoms with van der Waals surface area (Å²) in [7, 11) is -4.03. The lowest BCUT2D eigenvalue weighted by atomic mass is 10.1. The molecule has 0 fully saturated rings. The van der Waals surface area contributed by atoms with E-state index in [9.17, 15) is 13.2 Å². The zero-order chi connectivity index (χ0) is 14.8. The van der Waals surface area contributed by atoms with Gasteiger partial charge in [-0.15, -0.1) is 0 Å². The number of nitrogens with zero attached hydrogens (tertiary/aromatic N) is 1.